The number of nitrogens with two attached hydrogens (primary N) is 1. The van der Waals surface area contributed by atoms with Crippen molar-refractivity contribution in [2.24, 2.45) is 10.7 Å². The van der Waals surface area contributed by atoms with E-state index in [-0.39, 0.29) is 10.9 Å². The number of hydrogen-bond donors (Lipinski definition) is 3. The number of rotatable bonds is 5. The standard InChI is InChI=1S/C16H16BrN3O2S/c1-2-22-14-8-11(17)7-10(15(14)21)9-19-12-3-5-13(6-4-12)20-16(18)23/h3-9,21H,2H2,1H3,(H3,18,20,23). The van der Waals surface area contributed by atoms with E-state index in [9.17, 15) is 5.11 Å². The molecule has 23 heavy (non-hydrogen) atoms. The topological polar surface area (TPSA) is 79.9 Å². The van der Waals surface area contributed by atoms with Gasteiger partial charge in [-0.2, -0.15) is 0 Å². The molecule has 0 bridgehead atoms. The van der Waals surface area contributed by atoms with E-state index in [1.54, 1.807) is 18.3 Å². The molecule has 2 aromatic rings. The molecule has 0 fully saturated rings. The number of phenols is 1. The van der Waals surface area contributed by atoms with Crippen LogP contribution in [0, 0.1) is 0 Å². The molecule has 4 N–H and O–H groups in total. The monoisotopic (exact) mass is 393 g/mol. The second-order valence-electron chi connectivity index (χ2n) is 4.57. The molecule has 0 radical (unpaired) electrons. The molecular formula is C16H16BrN3O2S. The minimum atomic E-state index is 0.0607. The van der Waals surface area contributed by atoms with Crippen molar-refractivity contribution >= 4 is 50.8 Å². The van der Waals surface area contributed by atoms with Crippen LogP contribution in [0.1, 0.15) is 12.5 Å². The van der Waals surface area contributed by atoms with Crippen molar-refractivity contribution in [2.75, 3.05) is 11.9 Å². The van der Waals surface area contributed by atoms with Crippen LogP contribution >= 0.6 is 28.1 Å². The Hall–Kier alpha value is -2.12. The van der Waals surface area contributed by atoms with E-state index in [0.29, 0.717) is 17.9 Å². The summed E-state index contributed by atoms with van der Waals surface area (Å²) in [7, 11) is 0. The number of benzene rings is 2. The number of halogens is 1. The van der Waals surface area contributed by atoms with E-state index < -0.39 is 0 Å². The van der Waals surface area contributed by atoms with Crippen molar-refractivity contribution in [3.63, 3.8) is 0 Å². The Kier molecular flexibility index (Phi) is 5.95. The molecule has 0 heterocycles. The van der Waals surface area contributed by atoms with E-state index in [2.05, 4.69) is 26.2 Å². The molecule has 0 aliphatic rings. The zero-order chi connectivity index (χ0) is 16.8. The van der Waals surface area contributed by atoms with Crippen molar-refractivity contribution < 1.29 is 9.84 Å². The van der Waals surface area contributed by atoms with Gasteiger partial charge < -0.3 is 20.9 Å². The Bertz CT molecular complexity index is 733. The number of hydrogen-bond acceptors (Lipinski definition) is 4. The van der Waals surface area contributed by atoms with Crippen LogP contribution in [0.15, 0.2) is 45.9 Å². The first-order chi connectivity index (χ1) is 11.0. The summed E-state index contributed by atoms with van der Waals surface area (Å²) < 4.78 is 6.19. The van der Waals surface area contributed by atoms with Gasteiger partial charge in [0.05, 0.1) is 12.3 Å². The zero-order valence-corrected chi connectivity index (χ0v) is 14.8. The van der Waals surface area contributed by atoms with Crippen LogP contribution in [0.5, 0.6) is 11.5 Å². The highest BCUT2D eigenvalue weighted by molar-refractivity contribution is 9.10. The van der Waals surface area contributed by atoms with Gasteiger partial charge in [-0.3, -0.25) is 4.99 Å². The van der Waals surface area contributed by atoms with Crippen LogP contribution < -0.4 is 15.8 Å². The normalized spacial score (nSPS) is 10.7. The molecule has 7 heteroatoms. The van der Waals surface area contributed by atoms with Crippen molar-refractivity contribution in [3.8, 4) is 11.5 Å². The average Bonchev–Trinajstić information content (AvgIpc) is 2.50. The van der Waals surface area contributed by atoms with Gasteiger partial charge in [-0.05, 0) is 55.5 Å². The number of nitrogens with zero attached hydrogens (tertiary/aromatic N) is 1. The summed E-state index contributed by atoms with van der Waals surface area (Å²) in [5.41, 5.74) is 7.50. The molecule has 2 aromatic carbocycles. The van der Waals surface area contributed by atoms with E-state index in [1.165, 1.54) is 0 Å². The van der Waals surface area contributed by atoms with Crippen molar-refractivity contribution in [1.29, 1.82) is 0 Å². The minimum absolute atomic E-state index is 0.0607. The lowest BCUT2D eigenvalue weighted by atomic mass is 10.2. The molecule has 0 aliphatic carbocycles. The lowest BCUT2D eigenvalue weighted by molar-refractivity contribution is 0.317. The number of phenolic OH excluding ortho intramolecular Hbond substituents is 1. The molecule has 0 saturated heterocycles. The van der Waals surface area contributed by atoms with Crippen molar-refractivity contribution in [3.05, 3.63) is 46.4 Å². The summed E-state index contributed by atoms with van der Waals surface area (Å²) in [5, 5.41) is 13.2. The van der Waals surface area contributed by atoms with Gasteiger partial charge in [0.1, 0.15) is 0 Å². The Morgan fingerprint density at radius 2 is 2.09 bits per heavy atom. The minimum Gasteiger partial charge on any atom is -0.504 e. The van der Waals surface area contributed by atoms with E-state index in [0.717, 1.165) is 15.8 Å². The lowest BCUT2D eigenvalue weighted by Gasteiger charge is -2.08. The molecule has 0 amide bonds. The summed E-state index contributed by atoms with van der Waals surface area (Å²) >= 11 is 8.17. The third-order valence-electron chi connectivity index (χ3n) is 2.86. The summed E-state index contributed by atoms with van der Waals surface area (Å²) in [6.45, 7) is 2.33. The summed E-state index contributed by atoms with van der Waals surface area (Å²) in [4.78, 5) is 4.35. The van der Waals surface area contributed by atoms with Crippen molar-refractivity contribution in [1.82, 2.24) is 0 Å². The Morgan fingerprint density at radius 3 is 2.70 bits per heavy atom. The Balaban J connectivity index is 2.21. The third-order valence-corrected chi connectivity index (χ3v) is 3.42. The van der Waals surface area contributed by atoms with Gasteiger partial charge >= 0.3 is 0 Å². The van der Waals surface area contributed by atoms with Crippen LogP contribution in [-0.4, -0.2) is 23.0 Å². The van der Waals surface area contributed by atoms with Gasteiger partial charge in [-0.15, -0.1) is 0 Å². The number of ether oxygens (including phenoxy) is 1. The highest BCUT2D eigenvalue weighted by atomic mass is 79.9. The molecule has 0 saturated carbocycles. The van der Waals surface area contributed by atoms with E-state index in [1.807, 2.05) is 31.2 Å². The van der Waals surface area contributed by atoms with E-state index >= 15 is 0 Å². The number of anilines is 1. The SMILES string of the molecule is CCOc1cc(Br)cc(C=Nc2ccc(NC(N)=S)cc2)c1O. The van der Waals surface area contributed by atoms with Gasteiger partial charge in [0.2, 0.25) is 0 Å². The molecule has 0 aromatic heterocycles. The van der Waals surface area contributed by atoms with E-state index in [4.69, 9.17) is 22.7 Å². The number of aromatic hydroxyl groups is 1. The fourth-order valence-electron chi connectivity index (χ4n) is 1.88. The molecule has 2 rings (SSSR count). The van der Waals surface area contributed by atoms with Crippen LogP contribution in [0.25, 0.3) is 0 Å². The molecule has 0 aliphatic heterocycles. The first kappa shape index (κ1) is 17.2. The molecule has 120 valence electrons. The molecule has 5 nitrogen and oxygen atoms in total. The van der Waals surface area contributed by atoms with Crippen LogP contribution in [-0.2, 0) is 0 Å². The number of nitrogens with one attached hydrogen (secondary N) is 1. The quantitative estimate of drug-likeness (QED) is 0.529. The first-order valence-corrected chi connectivity index (χ1v) is 8.05. The molecule has 0 unspecified atom stereocenters. The van der Waals surface area contributed by atoms with Gasteiger partial charge in [-0.25, -0.2) is 0 Å². The fourth-order valence-corrected chi connectivity index (χ4v) is 2.45. The zero-order valence-electron chi connectivity index (χ0n) is 12.4. The molecule has 0 atom stereocenters. The maximum atomic E-state index is 10.2. The number of thiocarbonyl (C=S) groups is 1. The Morgan fingerprint density at radius 1 is 1.39 bits per heavy atom. The van der Waals surface area contributed by atoms with Gasteiger partial charge in [-0.1, -0.05) is 15.9 Å². The highest BCUT2D eigenvalue weighted by Gasteiger charge is 2.08. The highest BCUT2D eigenvalue weighted by Crippen LogP contribution is 2.33. The predicted molar refractivity (Wildman–Crippen MR) is 101 cm³/mol. The third kappa shape index (κ3) is 4.94. The smallest absolute Gasteiger partial charge is 0.168 e. The van der Waals surface area contributed by atoms with Crippen molar-refractivity contribution in [2.45, 2.75) is 6.92 Å². The lowest BCUT2D eigenvalue weighted by Crippen LogP contribution is -2.18. The van der Waals surface area contributed by atoms with Gasteiger partial charge in [0.15, 0.2) is 16.6 Å². The maximum absolute atomic E-state index is 10.2. The Labute approximate surface area is 148 Å². The van der Waals surface area contributed by atoms with Crippen LogP contribution in [0.3, 0.4) is 0 Å². The largest absolute Gasteiger partial charge is 0.504 e. The molecule has 0 spiro atoms. The van der Waals surface area contributed by atoms with Crippen LogP contribution in [0.4, 0.5) is 11.4 Å². The fraction of sp³-hybridized carbons (Fsp3) is 0.125. The number of aliphatic imine (C=N–C) groups is 1. The first-order valence-electron chi connectivity index (χ1n) is 6.85. The summed E-state index contributed by atoms with van der Waals surface area (Å²) in [6.07, 6.45) is 1.58. The van der Waals surface area contributed by atoms with Gasteiger partial charge in [0, 0.05) is 21.9 Å². The maximum Gasteiger partial charge on any atom is 0.168 e. The predicted octanol–water partition coefficient (Wildman–Crippen LogP) is 3.96. The second kappa shape index (κ2) is 7.94. The van der Waals surface area contributed by atoms with Crippen LogP contribution in [0.2, 0.25) is 0 Å². The average molecular weight is 394 g/mol. The second-order valence-corrected chi connectivity index (χ2v) is 5.92. The summed E-state index contributed by atoms with van der Waals surface area (Å²) in [6, 6.07) is 10.7. The molecular weight excluding hydrogens is 378 g/mol. The summed E-state index contributed by atoms with van der Waals surface area (Å²) in [5.74, 6) is 0.477. The van der Waals surface area contributed by atoms with Gasteiger partial charge in [0.25, 0.3) is 0 Å².